The lowest BCUT2D eigenvalue weighted by Gasteiger charge is -2.34. The SMILES string of the molecule is CCOC1CC(CC(=O)C=C(C)C)C1. The summed E-state index contributed by atoms with van der Waals surface area (Å²) in [7, 11) is 0. The first kappa shape index (κ1) is 11.4. The van der Waals surface area contributed by atoms with E-state index in [4.69, 9.17) is 4.74 Å². The van der Waals surface area contributed by atoms with Crippen LogP contribution >= 0.6 is 0 Å². The Morgan fingerprint density at radius 2 is 2.07 bits per heavy atom. The molecule has 2 nitrogen and oxygen atoms in total. The molecule has 0 atom stereocenters. The molecular weight excluding hydrogens is 176 g/mol. The zero-order valence-corrected chi connectivity index (χ0v) is 9.38. The third-order valence-electron chi connectivity index (χ3n) is 2.53. The summed E-state index contributed by atoms with van der Waals surface area (Å²) in [6.07, 6.45) is 5.00. The largest absolute Gasteiger partial charge is 0.378 e. The van der Waals surface area contributed by atoms with Crippen molar-refractivity contribution >= 4 is 5.78 Å². The molecule has 1 aliphatic rings. The highest BCUT2D eigenvalue weighted by molar-refractivity contribution is 5.90. The molecule has 2 heteroatoms. The molecule has 0 amide bonds. The second kappa shape index (κ2) is 5.30. The molecular formula is C12H20O2. The Morgan fingerprint density at radius 3 is 2.57 bits per heavy atom. The Bertz CT molecular complexity index is 220. The summed E-state index contributed by atoms with van der Waals surface area (Å²) in [6.45, 7) is 6.73. The van der Waals surface area contributed by atoms with Crippen molar-refractivity contribution in [3.05, 3.63) is 11.6 Å². The first-order valence-electron chi connectivity index (χ1n) is 5.41. The van der Waals surface area contributed by atoms with Gasteiger partial charge in [0.15, 0.2) is 5.78 Å². The van der Waals surface area contributed by atoms with Crippen LogP contribution in [0.25, 0.3) is 0 Å². The average Bonchev–Trinajstić information content (AvgIpc) is 1.99. The number of ketones is 1. The standard InChI is InChI=1S/C12H20O2/c1-4-14-12-7-10(8-12)6-11(13)5-9(2)3/h5,10,12H,4,6-8H2,1-3H3. The highest BCUT2D eigenvalue weighted by Gasteiger charge is 2.30. The zero-order valence-electron chi connectivity index (χ0n) is 9.38. The van der Waals surface area contributed by atoms with Crippen molar-refractivity contribution in [2.75, 3.05) is 6.61 Å². The van der Waals surface area contributed by atoms with E-state index >= 15 is 0 Å². The maximum absolute atomic E-state index is 11.4. The Hall–Kier alpha value is -0.630. The third kappa shape index (κ3) is 3.62. The lowest BCUT2D eigenvalue weighted by molar-refractivity contribution is -0.117. The fraction of sp³-hybridized carbons (Fsp3) is 0.750. The van der Waals surface area contributed by atoms with Crippen LogP contribution in [0, 0.1) is 5.92 Å². The van der Waals surface area contributed by atoms with Crippen LogP contribution in [0.4, 0.5) is 0 Å². The van der Waals surface area contributed by atoms with E-state index in [2.05, 4.69) is 0 Å². The Kier molecular flexibility index (Phi) is 4.33. The number of carbonyl (C=O) groups excluding carboxylic acids is 1. The minimum absolute atomic E-state index is 0.268. The Labute approximate surface area is 86.3 Å². The van der Waals surface area contributed by atoms with Crippen molar-refractivity contribution in [3.8, 4) is 0 Å². The minimum atomic E-state index is 0.268. The average molecular weight is 196 g/mol. The van der Waals surface area contributed by atoms with Gasteiger partial charge in [-0.1, -0.05) is 5.57 Å². The number of rotatable bonds is 5. The third-order valence-corrected chi connectivity index (χ3v) is 2.53. The van der Waals surface area contributed by atoms with Gasteiger partial charge >= 0.3 is 0 Å². The maximum Gasteiger partial charge on any atom is 0.155 e. The molecule has 0 aromatic carbocycles. The summed E-state index contributed by atoms with van der Waals surface area (Å²) in [5, 5.41) is 0. The van der Waals surface area contributed by atoms with Gasteiger partial charge in [0.25, 0.3) is 0 Å². The normalized spacial score (nSPS) is 25.4. The minimum Gasteiger partial charge on any atom is -0.378 e. The molecule has 0 spiro atoms. The maximum atomic E-state index is 11.4. The van der Waals surface area contributed by atoms with Crippen molar-refractivity contribution in [2.24, 2.45) is 5.92 Å². The monoisotopic (exact) mass is 196 g/mol. The summed E-state index contributed by atoms with van der Waals surface area (Å²) in [5.74, 6) is 0.833. The molecule has 0 unspecified atom stereocenters. The van der Waals surface area contributed by atoms with Gasteiger partial charge in [-0.15, -0.1) is 0 Å². The lowest BCUT2D eigenvalue weighted by atomic mass is 9.79. The van der Waals surface area contributed by atoms with Gasteiger partial charge in [-0.3, -0.25) is 4.79 Å². The van der Waals surface area contributed by atoms with E-state index in [1.807, 2.05) is 20.8 Å². The van der Waals surface area contributed by atoms with E-state index < -0.39 is 0 Å². The highest BCUT2D eigenvalue weighted by atomic mass is 16.5. The predicted molar refractivity (Wildman–Crippen MR) is 57.2 cm³/mol. The van der Waals surface area contributed by atoms with E-state index in [0.717, 1.165) is 25.0 Å². The van der Waals surface area contributed by atoms with E-state index in [-0.39, 0.29) is 5.78 Å². The van der Waals surface area contributed by atoms with E-state index in [1.54, 1.807) is 6.08 Å². The first-order valence-corrected chi connectivity index (χ1v) is 5.41. The summed E-state index contributed by atoms with van der Waals surface area (Å²) < 4.78 is 5.44. The van der Waals surface area contributed by atoms with Gasteiger partial charge < -0.3 is 4.74 Å². The molecule has 0 aromatic heterocycles. The Morgan fingerprint density at radius 1 is 1.43 bits per heavy atom. The number of hydrogen-bond donors (Lipinski definition) is 0. The zero-order chi connectivity index (χ0) is 10.6. The van der Waals surface area contributed by atoms with Gasteiger partial charge in [0.2, 0.25) is 0 Å². The quantitative estimate of drug-likeness (QED) is 0.632. The van der Waals surface area contributed by atoms with E-state index in [0.29, 0.717) is 18.4 Å². The summed E-state index contributed by atoms with van der Waals surface area (Å²) in [5.41, 5.74) is 1.09. The molecule has 0 aromatic rings. The van der Waals surface area contributed by atoms with Gasteiger partial charge in [-0.25, -0.2) is 0 Å². The van der Waals surface area contributed by atoms with Crippen molar-refractivity contribution in [1.29, 1.82) is 0 Å². The molecule has 1 rings (SSSR count). The van der Waals surface area contributed by atoms with Crippen LogP contribution < -0.4 is 0 Å². The molecule has 1 saturated carbocycles. The molecule has 14 heavy (non-hydrogen) atoms. The number of hydrogen-bond acceptors (Lipinski definition) is 2. The van der Waals surface area contributed by atoms with Crippen LogP contribution in [-0.4, -0.2) is 18.5 Å². The van der Waals surface area contributed by atoms with Crippen LogP contribution in [0.5, 0.6) is 0 Å². The molecule has 0 N–H and O–H groups in total. The van der Waals surface area contributed by atoms with Crippen LogP contribution in [0.1, 0.15) is 40.0 Å². The fourth-order valence-electron chi connectivity index (χ4n) is 1.88. The predicted octanol–water partition coefficient (Wildman–Crippen LogP) is 2.73. The molecule has 1 fully saturated rings. The second-order valence-electron chi connectivity index (χ2n) is 4.31. The number of ether oxygens (including phenoxy) is 1. The summed E-state index contributed by atoms with van der Waals surface area (Å²) >= 11 is 0. The molecule has 0 radical (unpaired) electrons. The van der Waals surface area contributed by atoms with Crippen molar-refractivity contribution in [1.82, 2.24) is 0 Å². The van der Waals surface area contributed by atoms with Gasteiger partial charge in [0.1, 0.15) is 0 Å². The van der Waals surface area contributed by atoms with Crippen LogP contribution in [0.15, 0.2) is 11.6 Å². The molecule has 0 saturated heterocycles. The molecule has 0 heterocycles. The first-order chi connectivity index (χ1) is 6.61. The van der Waals surface area contributed by atoms with Crippen LogP contribution in [-0.2, 0) is 9.53 Å². The second-order valence-corrected chi connectivity index (χ2v) is 4.31. The van der Waals surface area contributed by atoms with Gasteiger partial charge in [-0.05, 0) is 45.6 Å². The van der Waals surface area contributed by atoms with Gasteiger partial charge in [0, 0.05) is 13.0 Å². The van der Waals surface area contributed by atoms with Crippen molar-refractivity contribution < 1.29 is 9.53 Å². The number of allylic oxidation sites excluding steroid dienone is 2. The molecule has 0 bridgehead atoms. The molecule has 80 valence electrons. The van der Waals surface area contributed by atoms with Crippen LogP contribution in [0.3, 0.4) is 0 Å². The summed E-state index contributed by atoms with van der Waals surface area (Å²) in [6, 6.07) is 0. The van der Waals surface area contributed by atoms with Gasteiger partial charge in [0.05, 0.1) is 6.10 Å². The summed E-state index contributed by atoms with van der Waals surface area (Å²) in [4.78, 5) is 11.4. The lowest BCUT2D eigenvalue weighted by Crippen LogP contribution is -2.32. The molecule has 1 aliphatic carbocycles. The smallest absolute Gasteiger partial charge is 0.155 e. The Balaban J connectivity index is 2.16. The van der Waals surface area contributed by atoms with Crippen molar-refractivity contribution in [2.45, 2.75) is 46.1 Å². The fourth-order valence-corrected chi connectivity index (χ4v) is 1.88. The van der Waals surface area contributed by atoms with E-state index in [1.165, 1.54) is 0 Å². The highest BCUT2D eigenvalue weighted by Crippen LogP contribution is 2.32. The van der Waals surface area contributed by atoms with E-state index in [9.17, 15) is 4.79 Å². The number of carbonyl (C=O) groups is 1. The van der Waals surface area contributed by atoms with Gasteiger partial charge in [-0.2, -0.15) is 0 Å². The van der Waals surface area contributed by atoms with Crippen LogP contribution in [0.2, 0.25) is 0 Å². The molecule has 0 aliphatic heterocycles. The van der Waals surface area contributed by atoms with Crippen molar-refractivity contribution in [3.63, 3.8) is 0 Å². The topological polar surface area (TPSA) is 26.3 Å².